The zero-order valence-electron chi connectivity index (χ0n) is 11.5. The summed E-state index contributed by atoms with van der Waals surface area (Å²) < 4.78 is 5.58. The van der Waals surface area contributed by atoms with Crippen molar-refractivity contribution in [3.8, 4) is 0 Å². The number of benzene rings is 1. The summed E-state index contributed by atoms with van der Waals surface area (Å²) in [5, 5.41) is 5.98. The second-order valence-corrected chi connectivity index (χ2v) is 4.79. The van der Waals surface area contributed by atoms with Crippen LogP contribution in [-0.4, -0.2) is 50.3 Å². The fraction of sp³-hybridized carbons (Fsp3) is 0.500. The molecule has 1 aromatic rings. The van der Waals surface area contributed by atoms with Gasteiger partial charge in [-0.2, -0.15) is 0 Å². The molecule has 1 aliphatic rings. The summed E-state index contributed by atoms with van der Waals surface area (Å²) in [4.78, 5) is 13.9. The largest absolute Gasteiger partial charge is 0.373 e. The first kappa shape index (κ1) is 13.8. The van der Waals surface area contributed by atoms with Gasteiger partial charge in [-0.05, 0) is 26.1 Å². The van der Waals surface area contributed by atoms with Gasteiger partial charge in [0.05, 0.1) is 12.7 Å². The summed E-state index contributed by atoms with van der Waals surface area (Å²) in [6.07, 6.45) is 0.0718. The molecule has 0 aliphatic carbocycles. The Balaban J connectivity index is 1.90. The minimum absolute atomic E-state index is 0.0618. The molecule has 2 rings (SSSR count). The van der Waals surface area contributed by atoms with E-state index in [1.807, 2.05) is 38.2 Å². The molecule has 104 valence electrons. The van der Waals surface area contributed by atoms with Crippen molar-refractivity contribution in [1.29, 1.82) is 0 Å². The van der Waals surface area contributed by atoms with Gasteiger partial charge in [0.15, 0.2) is 0 Å². The number of ether oxygens (including phenoxy) is 1. The maximum absolute atomic E-state index is 12.1. The van der Waals surface area contributed by atoms with E-state index in [2.05, 4.69) is 10.6 Å². The van der Waals surface area contributed by atoms with E-state index in [0.29, 0.717) is 19.7 Å². The van der Waals surface area contributed by atoms with Crippen LogP contribution in [0, 0.1) is 6.92 Å². The Morgan fingerprint density at radius 2 is 2.16 bits per heavy atom. The first-order valence-corrected chi connectivity index (χ1v) is 6.58. The lowest BCUT2D eigenvalue weighted by Crippen LogP contribution is -2.49. The molecule has 0 saturated carbocycles. The smallest absolute Gasteiger partial charge is 0.322 e. The number of hydrogen-bond acceptors (Lipinski definition) is 3. The van der Waals surface area contributed by atoms with Gasteiger partial charge in [0.25, 0.3) is 0 Å². The zero-order chi connectivity index (χ0) is 13.7. The highest BCUT2D eigenvalue weighted by atomic mass is 16.5. The van der Waals surface area contributed by atoms with Gasteiger partial charge in [-0.3, -0.25) is 0 Å². The quantitative estimate of drug-likeness (QED) is 0.868. The minimum Gasteiger partial charge on any atom is -0.373 e. The molecule has 0 bridgehead atoms. The molecular formula is C14H21N3O2. The van der Waals surface area contributed by atoms with Crippen LogP contribution < -0.4 is 10.6 Å². The number of anilines is 1. The maximum atomic E-state index is 12.1. The van der Waals surface area contributed by atoms with Crippen LogP contribution in [-0.2, 0) is 4.74 Å². The standard InChI is InChI=1S/C14H21N3O2/c1-11-3-5-12(6-4-11)16-14(18)17-7-8-19-13(10-17)9-15-2/h3-6,13,15H,7-10H2,1-2H3,(H,16,18). The second-order valence-electron chi connectivity index (χ2n) is 4.79. The molecule has 1 aromatic carbocycles. The number of amides is 2. The predicted octanol–water partition coefficient (Wildman–Crippen LogP) is 1.45. The number of carbonyl (C=O) groups excluding carboxylic acids is 1. The number of likely N-dealkylation sites (N-methyl/N-ethyl adjacent to an activating group) is 1. The number of urea groups is 1. The Bertz CT molecular complexity index is 417. The molecule has 1 aliphatic heterocycles. The fourth-order valence-electron chi connectivity index (χ4n) is 2.09. The number of rotatable bonds is 3. The van der Waals surface area contributed by atoms with E-state index < -0.39 is 0 Å². The lowest BCUT2D eigenvalue weighted by atomic mass is 10.2. The second kappa shape index (κ2) is 6.54. The molecule has 5 heteroatoms. The molecule has 19 heavy (non-hydrogen) atoms. The highest BCUT2D eigenvalue weighted by Crippen LogP contribution is 2.11. The predicted molar refractivity (Wildman–Crippen MR) is 75.4 cm³/mol. The minimum atomic E-state index is -0.0618. The molecule has 0 spiro atoms. The summed E-state index contributed by atoms with van der Waals surface area (Å²) in [5.74, 6) is 0. The lowest BCUT2D eigenvalue weighted by Gasteiger charge is -2.32. The van der Waals surface area contributed by atoms with Crippen LogP contribution >= 0.6 is 0 Å². The van der Waals surface area contributed by atoms with Crippen molar-refractivity contribution in [1.82, 2.24) is 10.2 Å². The zero-order valence-corrected chi connectivity index (χ0v) is 11.5. The first-order valence-electron chi connectivity index (χ1n) is 6.58. The molecular weight excluding hydrogens is 242 g/mol. The van der Waals surface area contributed by atoms with E-state index in [0.717, 1.165) is 12.2 Å². The lowest BCUT2D eigenvalue weighted by molar-refractivity contribution is -0.00999. The van der Waals surface area contributed by atoms with Crippen molar-refractivity contribution in [2.75, 3.05) is 38.6 Å². The van der Waals surface area contributed by atoms with E-state index in [-0.39, 0.29) is 12.1 Å². The third-order valence-corrected chi connectivity index (χ3v) is 3.16. The van der Waals surface area contributed by atoms with E-state index in [9.17, 15) is 4.79 Å². The van der Waals surface area contributed by atoms with Crippen molar-refractivity contribution in [3.05, 3.63) is 29.8 Å². The van der Waals surface area contributed by atoms with Crippen LogP contribution in [0.15, 0.2) is 24.3 Å². The first-order chi connectivity index (χ1) is 9.19. The summed E-state index contributed by atoms with van der Waals surface area (Å²) >= 11 is 0. The summed E-state index contributed by atoms with van der Waals surface area (Å²) in [7, 11) is 1.88. The topological polar surface area (TPSA) is 53.6 Å². The van der Waals surface area contributed by atoms with Crippen LogP contribution in [0.3, 0.4) is 0 Å². The molecule has 1 unspecified atom stereocenters. The Morgan fingerprint density at radius 1 is 1.42 bits per heavy atom. The van der Waals surface area contributed by atoms with Crippen LogP contribution in [0.2, 0.25) is 0 Å². The number of nitrogens with zero attached hydrogens (tertiary/aromatic N) is 1. The van der Waals surface area contributed by atoms with Gasteiger partial charge in [0.1, 0.15) is 0 Å². The molecule has 1 fully saturated rings. The maximum Gasteiger partial charge on any atom is 0.322 e. The molecule has 0 aromatic heterocycles. The van der Waals surface area contributed by atoms with E-state index in [1.54, 1.807) is 4.90 Å². The van der Waals surface area contributed by atoms with E-state index in [1.165, 1.54) is 5.56 Å². The van der Waals surface area contributed by atoms with Gasteiger partial charge >= 0.3 is 6.03 Å². The number of aryl methyl sites for hydroxylation is 1. The molecule has 1 saturated heterocycles. The molecule has 2 amide bonds. The molecule has 2 N–H and O–H groups in total. The molecule has 1 atom stereocenters. The van der Waals surface area contributed by atoms with Gasteiger partial charge < -0.3 is 20.3 Å². The third kappa shape index (κ3) is 3.94. The number of carbonyl (C=O) groups is 1. The van der Waals surface area contributed by atoms with Gasteiger partial charge in [0.2, 0.25) is 0 Å². The molecule has 1 heterocycles. The fourth-order valence-corrected chi connectivity index (χ4v) is 2.09. The van der Waals surface area contributed by atoms with Gasteiger partial charge in [0, 0.05) is 25.3 Å². The third-order valence-electron chi connectivity index (χ3n) is 3.16. The SMILES string of the molecule is CNCC1CN(C(=O)Nc2ccc(C)cc2)CCO1. The number of morpholine rings is 1. The average molecular weight is 263 g/mol. The van der Waals surface area contributed by atoms with E-state index >= 15 is 0 Å². The van der Waals surface area contributed by atoms with Crippen molar-refractivity contribution >= 4 is 11.7 Å². The Kier molecular flexibility index (Phi) is 4.76. The van der Waals surface area contributed by atoms with Crippen LogP contribution in [0.5, 0.6) is 0 Å². The average Bonchev–Trinajstić information content (AvgIpc) is 2.42. The molecule has 5 nitrogen and oxygen atoms in total. The normalized spacial score (nSPS) is 19.3. The van der Waals surface area contributed by atoms with Crippen LogP contribution in [0.1, 0.15) is 5.56 Å². The summed E-state index contributed by atoms with van der Waals surface area (Å²) in [6.45, 7) is 4.63. The number of nitrogens with one attached hydrogen (secondary N) is 2. The van der Waals surface area contributed by atoms with Crippen molar-refractivity contribution in [3.63, 3.8) is 0 Å². The van der Waals surface area contributed by atoms with Crippen molar-refractivity contribution in [2.24, 2.45) is 0 Å². The Labute approximate surface area is 113 Å². The van der Waals surface area contributed by atoms with Crippen molar-refractivity contribution < 1.29 is 9.53 Å². The number of hydrogen-bond donors (Lipinski definition) is 2. The Morgan fingerprint density at radius 3 is 2.84 bits per heavy atom. The van der Waals surface area contributed by atoms with Crippen LogP contribution in [0.4, 0.5) is 10.5 Å². The van der Waals surface area contributed by atoms with E-state index in [4.69, 9.17) is 4.74 Å². The van der Waals surface area contributed by atoms with Crippen molar-refractivity contribution in [2.45, 2.75) is 13.0 Å². The monoisotopic (exact) mass is 263 g/mol. The summed E-state index contributed by atoms with van der Waals surface area (Å²) in [6, 6.07) is 7.74. The highest BCUT2D eigenvalue weighted by Gasteiger charge is 2.23. The summed E-state index contributed by atoms with van der Waals surface area (Å²) in [5.41, 5.74) is 2.01. The Hall–Kier alpha value is -1.59. The highest BCUT2D eigenvalue weighted by molar-refractivity contribution is 5.89. The van der Waals surface area contributed by atoms with Gasteiger partial charge in [-0.15, -0.1) is 0 Å². The molecule has 0 radical (unpaired) electrons. The van der Waals surface area contributed by atoms with Crippen LogP contribution in [0.25, 0.3) is 0 Å². The van der Waals surface area contributed by atoms with Gasteiger partial charge in [-0.25, -0.2) is 4.79 Å². The van der Waals surface area contributed by atoms with Gasteiger partial charge in [-0.1, -0.05) is 17.7 Å².